The highest BCUT2D eigenvalue weighted by molar-refractivity contribution is 7.09. The summed E-state index contributed by atoms with van der Waals surface area (Å²) in [5, 5.41) is 0. The maximum atomic E-state index is 4.88. The van der Waals surface area contributed by atoms with E-state index in [2.05, 4.69) is 40.7 Å². The lowest BCUT2D eigenvalue weighted by atomic mass is 10.2. The summed E-state index contributed by atoms with van der Waals surface area (Å²) >= 11 is 0. The summed E-state index contributed by atoms with van der Waals surface area (Å²) in [6.07, 6.45) is 0. The first kappa shape index (κ1) is 7.71. The molecule has 2 heteroatoms. The van der Waals surface area contributed by atoms with Gasteiger partial charge in [-0.1, -0.05) is 29.8 Å². The van der Waals surface area contributed by atoms with Crippen LogP contribution in [0.4, 0.5) is 0 Å². The highest BCUT2D eigenvalue weighted by atomic mass is 31.0. The zero-order valence-corrected chi connectivity index (χ0v) is 7.16. The molecule has 1 nitrogen and oxygen atoms in total. The molecule has 0 N–H and O–H groups in total. The molecule has 0 aliphatic heterocycles. The van der Waals surface area contributed by atoms with Crippen molar-refractivity contribution in [3.8, 4) is 0 Å². The normalized spacial score (nSPS) is 9.80. The minimum Gasteiger partial charge on any atom is -0.361 e. The standard InChI is InChI=1S/C8H11OP/c1-7-2-4-8(5-3-7)6-9-10/h2-5H,6,10H2,1H3. The quantitative estimate of drug-likeness (QED) is 0.594. The fraction of sp³-hybridized carbons (Fsp3) is 0.250. The van der Waals surface area contributed by atoms with Gasteiger partial charge in [-0.25, -0.2) is 0 Å². The molecule has 10 heavy (non-hydrogen) atoms. The molecule has 0 spiro atoms. The molecule has 0 radical (unpaired) electrons. The summed E-state index contributed by atoms with van der Waals surface area (Å²) in [6, 6.07) is 8.30. The second kappa shape index (κ2) is 3.70. The molecule has 0 fully saturated rings. The summed E-state index contributed by atoms with van der Waals surface area (Å²) < 4.78 is 4.88. The van der Waals surface area contributed by atoms with Crippen LogP contribution in [0.3, 0.4) is 0 Å². The minimum absolute atomic E-state index is 0.672. The summed E-state index contributed by atoms with van der Waals surface area (Å²) in [5.41, 5.74) is 2.49. The summed E-state index contributed by atoms with van der Waals surface area (Å²) in [5.74, 6) is 0. The van der Waals surface area contributed by atoms with Crippen LogP contribution in [0.15, 0.2) is 24.3 Å². The first-order valence-electron chi connectivity index (χ1n) is 3.20. The van der Waals surface area contributed by atoms with E-state index in [1.54, 1.807) is 0 Å². The van der Waals surface area contributed by atoms with Gasteiger partial charge in [0.05, 0.1) is 6.61 Å². The van der Waals surface area contributed by atoms with Gasteiger partial charge in [0, 0.05) is 9.47 Å². The van der Waals surface area contributed by atoms with Crippen molar-refractivity contribution in [2.45, 2.75) is 13.5 Å². The Morgan fingerprint density at radius 2 is 1.90 bits per heavy atom. The maximum absolute atomic E-state index is 4.88. The number of hydrogen-bond donors (Lipinski definition) is 0. The van der Waals surface area contributed by atoms with Crippen LogP contribution in [0, 0.1) is 6.92 Å². The Labute approximate surface area is 63.7 Å². The third kappa shape index (κ3) is 2.09. The van der Waals surface area contributed by atoms with Crippen LogP contribution in [-0.2, 0) is 11.1 Å². The van der Waals surface area contributed by atoms with Gasteiger partial charge in [0.25, 0.3) is 0 Å². The number of rotatable bonds is 2. The van der Waals surface area contributed by atoms with Gasteiger partial charge in [-0.05, 0) is 12.5 Å². The Balaban J connectivity index is 2.69. The molecule has 1 aromatic carbocycles. The number of hydrogen-bond acceptors (Lipinski definition) is 1. The molecule has 0 saturated carbocycles. The molecule has 0 heterocycles. The van der Waals surface area contributed by atoms with Crippen LogP contribution in [0.1, 0.15) is 11.1 Å². The van der Waals surface area contributed by atoms with Crippen molar-refractivity contribution in [2.24, 2.45) is 0 Å². The van der Waals surface area contributed by atoms with Crippen molar-refractivity contribution in [1.82, 2.24) is 0 Å². The fourth-order valence-corrected chi connectivity index (χ4v) is 0.973. The molecular formula is C8H11OP. The number of benzene rings is 1. The predicted octanol–water partition coefficient (Wildman–Crippen LogP) is 2.30. The SMILES string of the molecule is Cc1ccc(COP)cc1. The Hall–Kier alpha value is -0.390. The minimum atomic E-state index is 0.672. The van der Waals surface area contributed by atoms with Gasteiger partial charge >= 0.3 is 0 Å². The van der Waals surface area contributed by atoms with E-state index < -0.39 is 0 Å². The van der Waals surface area contributed by atoms with Gasteiger partial charge in [0.2, 0.25) is 0 Å². The first-order chi connectivity index (χ1) is 4.83. The average molecular weight is 154 g/mol. The van der Waals surface area contributed by atoms with E-state index in [9.17, 15) is 0 Å². The molecule has 1 rings (SSSR count). The monoisotopic (exact) mass is 154 g/mol. The van der Waals surface area contributed by atoms with Crippen molar-refractivity contribution in [2.75, 3.05) is 0 Å². The Morgan fingerprint density at radius 3 is 2.40 bits per heavy atom. The summed E-state index contributed by atoms with van der Waals surface area (Å²) in [7, 11) is 2.24. The molecule has 0 aromatic heterocycles. The van der Waals surface area contributed by atoms with E-state index in [0.29, 0.717) is 6.61 Å². The van der Waals surface area contributed by atoms with Gasteiger partial charge in [-0.15, -0.1) is 0 Å². The summed E-state index contributed by atoms with van der Waals surface area (Å²) in [6.45, 7) is 2.75. The van der Waals surface area contributed by atoms with Crippen LogP contribution in [0.2, 0.25) is 0 Å². The van der Waals surface area contributed by atoms with E-state index >= 15 is 0 Å². The lowest BCUT2D eigenvalue weighted by Crippen LogP contribution is -1.82. The van der Waals surface area contributed by atoms with Crippen LogP contribution >= 0.6 is 9.47 Å². The van der Waals surface area contributed by atoms with Crippen molar-refractivity contribution in [3.63, 3.8) is 0 Å². The van der Waals surface area contributed by atoms with E-state index in [-0.39, 0.29) is 0 Å². The predicted molar refractivity (Wildman–Crippen MR) is 45.7 cm³/mol. The molecule has 1 aromatic rings. The van der Waals surface area contributed by atoms with Gasteiger partial charge in [-0.2, -0.15) is 0 Å². The lowest BCUT2D eigenvalue weighted by molar-refractivity contribution is 0.362. The van der Waals surface area contributed by atoms with Gasteiger partial charge in [0.1, 0.15) is 0 Å². The highest BCUT2D eigenvalue weighted by Crippen LogP contribution is 2.05. The molecule has 0 aliphatic carbocycles. The largest absolute Gasteiger partial charge is 0.361 e. The molecule has 1 atom stereocenters. The molecule has 0 saturated heterocycles. The van der Waals surface area contributed by atoms with Crippen LogP contribution in [-0.4, -0.2) is 0 Å². The fourth-order valence-electron chi connectivity index (χ4n) is 0.781. The van der Waals surface area contributed by atoms with Crippen LogP contribution in [0.25, 0.3) is 0 Å². The molecular weight excluding hydrogens is 143 g/mol. The number of aryl methyl sites for hydroxylation is 1. The Kier molecular flexibility index (Phi) is 2.85. The average Bonchev–Trinajstić information content (AvgIpc) is 1.95. The zero-order chi connectivity index (χ0) is 7.40. The second-order valence-electron chi connectivity index (χ2n) is 2.30. The van der Waals surface area contributed by atoms with Crippen molar-refractivity contribution in [1.29, 1.82) is 0 Å². The van der Waals surface area contributed by atoms with Crippen molar-refractivity contribution >= 4 is 9.47 Å². The Bertz CT molecular complexity index is 193. The molecule has 0 bridgehead atoms. The second-order valence-corrected chi connectivity index (χ2v) is 2.63. The van der Waals surface area contributed by atoms with Gasteiger partial charge in [0.15, 0.2) is 0 Å². The van der Waals surface area contributed by atoms with E-state index in [1.807, 2.05) is 0 Å². The third-order valence-corrected chi connectivity index (χ3v) is 1.54. The van der Waals surface area contributed by atoms with Crippen LogP contribution in [0.5, 0.6) is 0 Å². The maximum Gasteiger partial charge on any atom is 0.0752 e. The topological polar surface area (TPSA) is 9.23 Å². The van der Waals surface area contributed by atoms with Gasteiger partial charge in [-0.3, -0.25) is 0 Å². The smallest absolute Gasteiger partial charge is 0.0752 e. The highest BCUT2D eigenvalue weighted by Gasteiger charge is 1.88. The molecule has 1 unspecified atom stereocenters. The van der Waals surface area contributed by atoms with Crippen molar-refractivity contribution < 1.29 is 4.52 Å². The van der Waals surface area contributed by atoms with E-state index in [1.165, 1.54) is 11.1 Å². The zero-order valence-electron chi connectivity index (χ0n) is 6.00. The van der Waals surface area contributed by atoms with Crippen LogP contribution < -0.4 is 0 Å². The van der Waals surface area contributed by atoms with Crippen molar-refractivity contribution in [3.05, 3.63) is 35.4 Å². The molecule has 0 aliphatic rings. The first-order valence-corrected chi connectivity index (χ1v) is 3.67. The van der Waals surface area contributed by atoms with E-state index in [4.69, 9.17) is 4.52 Å². The molecule has 0 amide bonds. The molecule has 54 valence electrons. The Morgan fingerprint density at radius 1 is 1.30 bits per heavy atom. The van der Waals surface area contributed by atoms with E-state index in [0.717, 1.165) is 0 Å². The summed E-state index contributed by atoms with van der Waals surface area (Å²) in [4.78, 5) is 0. The lowest BCUT2D eigenvalue weighted by Gasteiger charge is -1.97. The third-order valence-electron chi connectivity index (χ3n) is 1.37. The van der Waals surface area contributed by atoms with Gasteiger partial charge < -0.3 is 4.52 Å².